The summed E-state index contributed by atoms with van der Waals surface area (Å²) in [5.74, 6) is 0.784. The average Bonchev–Trinajstić information content (AvgIpc) is 3.80. The monoisotopic (exact) mass is 557 g/mol. The fourth-order valence-electron chi connectivity index (χ4n) is 6.33. The Morgan fingerprint density at radius 3 is 2.59 bits per heavy atom. The van der Waals surface area contributed by atoms with Gasteiger partial charge in [0.25, 0.3) is 5.91 Å². The van der Waals surface area contributed by atoms with Crippen LogP contribution in [0.2, 0.25) is 0 Å². The topological polar surface area (TPSA) is 72.3 Å². The van der Waals surface area contributed by atoms with Crippen molar-refractivity contribution in [2.45, 2.75) is 38.4 Å². The van der Waals surface area contributed by atoms with Gasteiger partial charge in [-0.25, -0.2) is 4.98 Å². The molecular formula is C34H31N5OS. The van der Waals surface area contributed by atoms with E-state index in [9.17, 15) is 10.1 Å². The molecule has 7 heteroatoms. The highest BCUT2D eigenvalue weighted by Crippen LogP contribution is 2.32. The maximum absolute atomic E-state index is 14.3. The van der Waals surface area contributed by atoms with Gasteiger partial charge in [-0.1, -0.05) is 36.4 Å². The summed E-state index contributed by atoms with van der Waals surface area (Å²) in [4.78, 5) is 23.9. The number of amides is 1. The number of pyridine rings is 1. The summed E-state index contributed by atoms with van der Waals surface area (Å²) in [7, 11) is 0. The zero-order valence-corrected chi connectivity index (χ0v) is 23.7. The van der Waals surface area contributed by atoms with Crippen LogP contribution in [0.1, 0.15) is 47.2 Å². The van der Waals surface area contributed by atoms with Crippen molar-refractivity contribution in [3.63, 3.8) is 0 Å². The van der Waals surface area contributed by atoms with Crippen molar-refractivity contribution >= 4 is 44.1 Å². The smallest absolute Gasteiger partial charge is 0.255 e. The van der Waals surface area contributed by atoms with Gasteiger partial charge >= 0.3 is 0 Å². The summed E-state index contributed by atoms with van der Waals surface area (Å²) >= 11 is 1.75. The molecule has 2 aliphatic rings. The van der Waals surface area contributed by atoms with Crippen LogP contribution >= 0.6 is 11.3 Å². The van der Waals surface area contributed by atoms with Crippen LogP contribution in [0.15, 0.2) is 78.2 Å². The summed E-state index contributed by atoms with van der Waals surface area (Å²) in [5, 5.41) is 17.0. The second-order valence-corrected chi connectivity index (χ2v) is 11.9. The maximum Gasteiger partial charge on any atom is 0.255 e. The molecule has 1 N–H and O–H groups in total. The molecule has 4 heterocycles. The molecule has 1 amide bonds. The predicted octanol–water partition coefficient (Wildman–Crippen LogP) is 7.26. The lowest BCUT2D eigenvalue weighted by atomic mass is 9.99. The molecule has 2 fully saturated rings. The number of anilines is 1. The van der Waals surface area contributed by atoms with Crippen LogP contribution in [-0.2, 0) is 6.54 Å². The van der Waals surface area contributed by atoms with E-state index in [1.54, 1.807) is 11.3 Å². The molecule has 3 aromatic carbocycles. The first kappa shape index (κ1) is 25.7. The van der Waals surface area contributed by atoms with Crippen molar-refractivity contribution in [1.82, 2.24) is 14.8 Å². The first-order valence-electron chi connectivity index (χ1n) is 14.4. The van der Waals surface area contributed by atoms with Gasteiger partial charge in [-0.15, -0.1) is 11.3 Å². The molecule has 41 heavy (non-hydrogen) atoms. The SMILES string of the molecule is N#Cc1ccc(-c2ccc3nc(NCc4csc5ccccc45)cc(C(=O)N4CCCC4N4CCCC4)c3c2)cc1. The molecule has 1 unspecified atom stereocenters. The zero-order valence-electron chi connectivity index (χ0n) is 22.8. The molecule has 5 aromatic rings. The van der Waals surface area contributed by atoms with Crippen molar-refractivity contribution < 1.29 is 4.79 Å². The van der Waals surface area contributed by atoms with Crippen molar-refractivity contribution in [1.29, 1.82) is 5.26 Å². The number of aromatic nitrogens is 1. The lowest BCUT2D eigenvalue weighted by molar-refractivity contribution is 0.0533. The molecule has 2 saturated heterocycles. The number of hydrogen-bond donors (Lipinski definition) is 1. The van der Waals surface area contributed by atoms with Gasteiger partial charge in [-0.05, 0) is 89.5 Å². The standard InChI is InChI=1S/C34H31N5OS/c35-20-23-9-11-24(12-10-23)25-13-14-30-28(18-25)29(34(40)39-17-5-8-33(39)38-15-3-4-16-38)19-32(37-30)36-21-26-22-41-31-7-2-1-6-27(26)31/h1-2,6-7,9-14,18-19,22,33H,3-5,8,15-17,21H2,(H,36,37). The van der Waals surface area contributed by atoms with Crippen LogP contribution in [0, 0.1) is 11.3 Å². The largest absolute Gasteiger partial charge is 0.366 e. The number of carbonyl (C=O) groups excluding carboxylic acids is 1. The van der Waals surface area contributed by atoms with Crippen LogP contribution in [0.3, 0.4) is 0 Å². The van der Waals surface area contributed by atoms with Gasteiger partial charge in [-0.3, -0.25) is 9.69 Å². The Morgan fingerprint density at radius 1 is 0.951 bits per heavy atom. The van der Waals surface area contributed by atoms with E-state index < -0.39 is 0 Å². The van der Waals surface area contributed by atoms with E-state index in [4.69, 9.17) is 4.98 Å². The predicted molar refractivity (Wildman–Crippen MR) is 166 cm³/mol. The quantitative estimate of drug-likeness (QED) is 0.238. The fraction of sp³-hybridized carbons (Fsp3) is 0.265. The number of carbonyl (C=O) groups is 1. The third kappa shape index (κ3) is 4.94. The Labute approximate surface area is 243 Å². The Kier molecular flexibility index (Phi) is 6.87. The Hall–Kier alpha value is -4.25. The van der Waals surface area contributed by atoms with Crippen LogP contribution in [0.4, 0.5) is 5.82 Å². The van der Waals surface area contributed by atoms with Crippen molar-refractivity contribution in [2.75, 3.05) is 25.0 Å². The first-order chi connectivity index (χ1) is 20.2. The normalized spacial score (nSPS) is 17.3. The number of nitrogens with zero attached hydrogens (tertiary/aromatic N) is 4. The zero-order chi connectivity index (χ0) is 27.8. The number of fused-ring (bicyclic) bond motifs is 2. The van der Waals surface area contributed by atoms with E-state index >= 15 is 0 Å². The Balaban J connectivity index is 1.27. The molecule has 204 valence electrons. The van der Waals surface area contributed by atoms with Gasteiger partial charge in [0.15, 0.2) is 0 Å². The van der Waals surface area contributed by atoms with E-state index in [-0.39, 0.29) is 12.1 Å². The van der Waals surface area contributed by atoms with Gasteiger partial charge in [0, 0.05) is 36.3 Å². The van der Waals surface area contributed by atoms with Crippen molar-refractivity contribution in [3.05, 3.63) is 94.9 Å². The summed E-state index contributed by atoms with van der Waals surface area (Å²) in [6, 6.07) is 26.3. The highest BCUT2D eigenvalue weighted by molar-refractivity contribution is 7.17. The minimum absolute atomic E-state index is 0.0767. The molecule has 2 aromatic heterocycles. The van der Waals surface area contributed by atoms with Crippen molar-refractivity contribution in [3.8, 4) is 17.2 Å². The molecule has 2 aliphatic heterocycles. The third-order valence-corrected chi connectivity index (χ3v) is 9.46. The Morgan fingerprint density at radius 2 is 1.76 bits per heavy atom. The molecule has 0 bridgehead atoms. The van der Waals surface area contributed by atoms with E-state index in [1.807, 2.05) is 42.5 Å². The first-order valence-corrected chi connectivity index (χ1v) is 15.3. The van der Waals surface area contributed by atoms with Crippen LogP contribution in [-0.4, -0.2) is 46.5 Å². The Bertz CT molecular complexity index is 1780. The van der Waals surface area contributed by atoms with Gasteiger partial charge < -0.3 is 10.2 Å². The second kappa shape index (κ2) is 11.0. The molecule has 0 aliphatic carbocycles. The molecule has 1 atom stereocenters. The number of thiophene rings is 1. The molecule has 7 rings (SSSR count). The minimum atomic E-state index is 0.0767. The summed E-state index contributed by atoms with van der Waals surface area (Å²) in [6.45, 7) is 3.55. The van der Waals surface area contributed by atoms with E-state index in [2.05, 4.69) is 56.9 Å². The number of rotatable bonds is 6. The lowest BCUT2D eigenvalue weighted by Gasteiger charge is -2.32. The second-order valence-electron chi connectivity index (χ2n) is 11.0. The summed E-state index contributed by atoms with van der Waals surface area (Å²) < 4.78 is 1.27. The van der Waals surface area contributed by atoms with Crippen LogP contribution in [0.25, 0.3) is 32.1 Å². The fourth-order valence-corrected chi connectivity index (χ4v) is 7.29. The van der Waals surface area contributed by atoms with Crippen LogP contribution < -0.4 is 5.32 Å². The number of nitriles is 1. The molecule has 0 spiro atoms. The van der Waals surface area contributed by atoms with Gasteiger partial charge in [0.1, 0.15) is 5.82 Å². The summed E-state index contributed by atoms with van der Waals surface area (Å²) in [6.07, 6.45) is 4.64. The van der Waals surface area contributed by atoms with Gasteiger partial charge in [0.05, 0.1) is 28.9 Å². The van der Waals surface area contributed by atoms with Crippen LogP contribution in [0.5, 0.6) is 0 Å². The molecule has 0 radical (unpaired) electrons. The highest BCUT2D eigenvalue weighted by atomic mass is 32.1. The minimum Gasteiger partial charge on any atom is -0.366 e. The van der Waals surface area contributed by atoms with E-state index in [1.165, 1.54) is 28.5 Å². The van der Waals surface area contributed by atoms with Gasteiger partial charge in [0.2, 0.25) is 0 Å². The molecule has 0 saturated carbocycles. The number of benzene rings is 3. The number of likely N-dealkylation sites (tertiary alicyclic amines) is 2. The third-order valence-electron chi connectivity index (χ3n) is 8.45. The number of hydrogen-bond acceptors (Lipinski definition) is 6. The lowest BCUT2D eigenvalue weighted by Crippen LogP contribution is -2.46. The molecular weight excluding hydrogens is 526 g/mol. The summed E-state index contributed by atoms with van der Waals surface area (Å²) in [5.41, 5.74) is 5.35. The highest BCUT2D eigenvalue weighted by Gasteiger charge is 2.35. The maximum atomic E-state index is 14.3. The average molecular weight is 558 g/mol. The van der Waals surface area contributed by atoms with E-state index in [0.717, 1.165) is 54.5 Å². The van der Waals surface area contributed by atoms with Gasteiger partial charge in [-0.2, -0.15) is 5.26 Å². The number of nitrogens with one attached hydrogen (secondary N) is 1. The van der Waals surface area contributed by atoms with Crippen molar-refractivity contribution in [2.24, 2.45) is 0 Å². The van der Waals surface area contributed by atoms with E-state index in [0.29, 0.717) is 23.5 Å². The molecule has 6 nitrogen and oxygen atoms in total.